The van der Waals surface area contributed by atoms with Gasteiger partial charge in [-0.25, -0.2) is 4.68 Å². The Hall–Kier alpha value is -2.96. The number of para-hydroxylation sites is 1. The molecule has 0 radical (unpaired) electrons. The van der Waals surface area contributed by atoms with E-state index in [0.717, 1.165) is 5.69 Å². The van der Waals surface area contributed by atoms with Crippen LogP contribution in [0, 0.1) is 6.92 Å². The van der Waals surface area contributed by atoms with Gasteiger partial charge in [0.2, 0.25) is 11.3 Å². The van der Waals surface area contributed by atoms with Gasteiger partial charge in [-0.15, -0.1) is 0 Å². The average Bonchev–Trinajstić information content (AvgIpc) is 2.62. The minimum Gasteiger partial charge on any atom is -0.339 e. The monoisotopic (exact) mass is 340 g/mol. The van der Waals surface area contributed by atoms with Crippen molar-refractivity contribution in [2.75, 3.05) is 26.2 Å². The van der Waals surface area contributed by atoms with Crippen LogP contribution in [-0.4, -0.2) is 57.6 Å². The largest absolute Gasteiger partial charge is 0.339 e. The number of carbonyl (C=O) groups excluding carboxylic acids is 2. The number of rotatable bonds is 2. The lowest BCUT2D eigenvalue weighted by Gasteiger charge is -2.33. The summed E-state index contributed by atoms with van der Waals surface area (Å²) < 4.78 is 1.60. The summed E-state index contributed by atoms with van der Waals surface area (Å²) >= 11 is 0. The molecule has 0 spiro atoms. The van der Waals surface area contributed by atoms with Crippen molar-refractivity contribution in [2.45, 2.75) is 13.8 Å². The number of carbonyl (C=O) groups is 2. The zero-order valence-electron chi connectivity index (χ0n) is 14.3. The molecule has 0 bridgehead atoms. The van der Waals surface area contributed by atoms with E-state index >= 15 is 0 Å². The number of piperazine rings is 1. The fourth-order valence-corrected chi connectivity index (χ4v) is 2.90. The van der Waals surface area contributed by atoms with Gasteiger partial charge in [-0.1, -0.05) is 18.2 Å². The fourth-order valence-electron chi connectivity index (χ4n) is 2.90. The molecule has 1 aromatic heterocycles. The first-order valence-corrected chi connectivity index (χ1v) is 8.18. The van der Waals surface area contributed by atoms with Gasteiger partial charge < -0.3 is 9.80 Å². The van der Waals surface area contributed by atoms with Crippen molar-refractivity contribution in [3.63, 3.8) is 0 Å². The summed E-state index contributed by atoms with van der Waals surface area (Å²) in [4.78, 5) is 39.7. The molecule has 7 heteroatoms. The Kier molecular flexibility index (Phi) is 4.65. The summed E-state index contributed by atoms with van der Waals surface area (Å²) in [6.45, 7) is 5.04. The number of benzene rings is 1. The number of aryl methyl sites for hydroxylation is 1. The van der Waals surface area contributed by atoms with E-state index < -0.39 is 5.91 Å². The van der Waals surface area contributed by atoms with E-state index in [1.165, 1.54) is 13.0 Å². The molecule has 130 valence electrons. The molecule has 1 aliphatic rings. The third-order valence-corrected chi connectivity index (χ3v) is 4.32. The van der Waals surface area contributed by atoms with Crippen LogP contribution >= 0.6 is 0 Å². The van der Waals surface area contributed by atoms with Gasteiger partial charge in [-0.3, -0.25) is 14.4 Å². The lowest BCUT2D eigenvalue weighted by Crippen LogP contribution is -2.51. The van der Waals surface area contributed by atoms with E-state index in [1.54, 1.807) is 21.4 Å². The molecule has 25 heavy (non-hydrogen) atoms. The summed E-state index contributed by atoms with van der Waals surface area (Å²) in [7, 11) is 0. The highest BCUT2D eigenvalue weighted by Crippen LogP contribution is 2.10. The number of hydrogen-bond donors (Lipinski definition) is 0. The number of aromatic nitrogens is 2. The fraction of sp³-hybridized carbons (Fsp3) is 0.333. The molecule has 1 saturated heterocycles. The van der Waals surface area contributed by atoms with E-state index in [9.17, 15) is 14.4 Å². The van der Waals surface area contributed by atoms with Crippen LogP contribution in [0.25, 0.3) is 5.69 Å². The molecule has 1 fully saturated rings. The van der Waals surface area contributed by atoms with Gasteiger partial charge in [0.15, 0.2) is 5.69 Å². The summed E-state index contributed by atoms with van der Waals surface area (Å²) in [5.41, 5.74) is 0.971. The van der Waals surface area contributed by atoms with Crippen molar-refractivity contribution in [3.05, 3.63) is 58.0 Å². The molecule has 0 aliphatic carbocycles. The lowest BCUT2D eigenvalue weighted by atomic mass is 10.2. The van der Waals surface area contributed by atoms with Gasteiger partial charge in [0.25, 0.3) is 5.91 Å². The summed E-state index contributed by atoms with van der Waals surface area (Å²) in [5.74, 6) is -0.398. The minimum atomic E-state index is -0.391. The Labute approximate surface area is 145 Å². The maximum Gasteiger partial charge on any atom is 0.278 e. The second-order valence-corrected chi connectivity index (χ2v) is 6.04. The topological polar surface area (TPSA) is 75.5 Å². The maximum absolute atomic E-state index is 12.7. The Morgan fingerprint density at radius 3 is 2.20 bits per heavy atom. The van der Waals surface area contributed by atoms with Gasteiger partial charge in [-0.05, 0) is 19.1 Å². The quantitative estimate of drug-likeness (QED) is 0.812. The molecule has 2 amide bonds. The van der Waals surface area contributed by atoms with Crippen LogP contribution < -0.4 is 5.43 Å². The van der Waals surface area contributed by atoms with Crippen LogP contribution in [0.15, 0.2) is 41.2 Å². The molecule has 1 aromatic carbocycles. The SMILES string of the molecule is CC(=O)N1CCN(C(=O)c2nn(-c3ccccc3)c(C)cc2=O)CC1. The summed E-state index contributed by atoms with van der Waals surface area (Å²) in [6, 6.07) is 10.8. The third kappa shape index (κ3) is 3.45. The highest BCUT2D eigenvalue weighted by molar-refractivity contribution is 5.92. The third-order valence-electron chi connectivity index (χ3n) is 4.32. The van der Waals surface area contributed by atoms with Crippen molar-refractivity contribution in [3.8, 4) is 5.69 Å². The predicted molar refractivity (Wildman–Crippen MR) is 92.7 cm³/mol. The number of amides is 2. The van der Waals surface area contributed by atoms with Crippen LogP contribution in [0.5, 0.6) is 0 Å². The molecule has 1 aliphatic heterocycles. The molecule has 0 N–H and O–H groups in total. The van der Waals surface area contributed by atoms with Gasteiger partial charge in [0, 0.05) is 44.9 Å². The van der Waals surface area contributed by atoms with Crippen molar-refractivity contribution in [1.29, 1.82) is 0 Å². The molecular formula is C18H20N4O3. The molecule has 0 saturated carbocycles. The second kappa shape index (κ2) is 6.88. The zero-order valence-corrected chi connectivity index (χ0v) is 14.3. The van der Waals surface area contributed by atoms with Gasteiger partial charge in [0.1, 0.15) is 0 Å². The van der Waals surface area contributed by atoms with E-state index in [2.05, 4.69) is 5.10 Å². The van der Waals surface area contributed by atoms with Gasteiger partial charge >= 0.3 is 0 Å². The van der Waals surface area contributed by atoms with E-state index in [0.29, 0.717) is 31.9 Å². The standard InChI is InChI=1S/C18H20N4O3/c1-13-12-16(24)17(19-22(13)15-6-4-3-5-7-15)18(25)21-10-8-20(9-11-21)14(2)23/h3-7,12H,8-11H2,1-2H3. The first-order chi connectivity index (χ1) is 12.0. The van der Waals surface area contributed by atoms with Crippen LogP contribution in [0.4, 0.5) is 0 Å². The van der Waals surface area contributed by atoms with Crippen molar-refractivity contribution < 1.29 is 9.59 Å². The summed E-state index contributed by atoms with van der Waals surface area (Å²) in [6.07, 6.45) is 0. The molecule has 0 unspecified atom stereocenters. The van der Waals surface area contributed by atoms with Crippen molar-refractivity contribution >= 4 is 11.8 Å². The smallest absolute Gasteiger partial charge is 0.278 e. The molecule has 2 aromatic rings. The Balaban J connectivity index is 1.89. The molecule has 7 nitrogen and oxygen atoms in total. The second-order valence-electron chi connectivity index (χ2n) is 6.04. The minimum absolute atomic E-state index is 0.00741. The predicted octanol–water partition coefficient (Wildman–Crippen LogP) is 0.845. The Morgan fingerprint density at radius 2 is 1.60 bits per heavy atom. The Bertz CT molecular complexity index is 852. The first kappa shape index (κ1) is 16.9. The molecular weight excluding hydrogens is 320 g/mol. The van der Waals surface area contributed by atoms with Crippen LogP contribution in [-0.2, 0) is 4.79 Å². The highest BCUT2D eigenvalue weighted by Gasteiger charge is 2.26. The first-order valence-electron chi connectivity index (χ1n) is 8.18. The zero-order chi connectivity index (χ0) is 18.0. The lowest BCUT2D eigenvalue weighted by molar-refractivity contribution is -0.130. The van der Waals surface area contributed by atoms with Gasteiger partial charge in [0.05, 0.1) is 5.69 Å². The number of hydrogen-bond acceptors (Lipinski definition) is 4. The molecule has 3 rings (SSSR count). The summed E-state index contributed by atoms with van der Waals surface area (Å²) in [5, 5.41) is 4.30. The van der Waals surface area contributed by atoms with E-state index in [1.807, 2.05) is 30.3 Å². The normalized spacial score (nSPS) is 14.5. The van der Waals surface area contributed by atoms with Crippen LogP contribution in [0.2, 0.25) is 0 Å². The van der Waals surface area contributed by atoms with Gasteiger partial charge in [-0.2, -0.15) is 5.10 Å². The average molecular weight is 340 g/mol. The molecule has 0 atom stereocenters. The van der Waals surface area contributed by atoms with E-state index in [4.69, 9.17) is 0 Å². The maximum atomic E-state index is 12.7. The Morgan fingerprint density at radius 1 is 1.00 bits per heavy atom. The molecule has 2 heterocycles. The van der Waals surface area contributed by atoms with Crippen LogP contribution in [0.1, 0.15) is 23.1 Å². The van der Waals surface area contributed by atoms with E-state index in [-0.39, 0.29) is 17.0 Å². The highest BCUT2D eigenvalue weighted by atomic mass is 16.2. The van der Waals surface area contributed by atoms with Crippen molar-refractivity contribution in [2.24, 2.45) is 0 Å². The number of nitrogens with zero attached hydrogens (tertiary/aromatic N) is 4. The van der Waals surface area contributed by atoms with Crippen LogP contribution in [0.3, 0.4) is 0 Å². The van der Waals surface area contributed by atoms with Crippen molar-refractivity contribution in [1.82, 2.24) is 19.6 Å².